The smallest absolute Gasteiger partial charge is 0.297 e. The number of Topliss-reactive ketones (excluding diaryl/α,β-unsaturated/α-hetero) is 1. The van der Waals surface area contributed by atoms with Gasteiger partial charge < -0.3 is 0 Å². The van der Waals surface area contributed by atoms with E-state index in [1.165, 1.54) is 0 Å². The fourth-order valence-electron chi connectivity index (χ4n) is 1.37. The molecule has 6 heteroatoms. The third kappa shape index (κ3) is 3.36. The molecule has 0 aromatic heterocycles. The average molecular weight is 222 g/mol. The van der Waals surface area contributed by atoms with Crippen molar-refractivity contribution in [2.45, 2.75) is 38.7 Å². The van der Waals surface area contributed by atoms with Crippen molar-refractivity contribution in [3.8, 4) is 0 Å². The summed E-state index contributed by atoms with van der Waals surface area (Å²) in [4.78, 5) is 11.2. The van der Waals surface area contributed by atoms with Crippen LogP contribution in [-0.2, 0) is 23.6 Å². The van der Waals surface area contributed by atoms with Gasteiger partial charge in [0.05, 0.1) is 6.61 Å². The number of hydrogen-bond acceptors (Lipinski definition) is 5. The Morgan fingerprint density at radius 3 is 2.71 bits per heavy atom. The van der Waals surface area contributed by atoms with E-state index in [4.69, 9.17) is 0 Å². The van der Waals surface area contributed by atoms with Crippen LogP contribution in [-0.4, -0.2) is 26.9 Å². The van der Waals surface area contributed by atoms with Crippen LogP contribution in [0.4, 0.5) is 0 Å². The Balaban J connectivity index is 2.54. The molecule has 0 aliphatic heterocycles. The van der Waals surface area contributed by atoms with Crippen LogP contribution < -0.4 is 0 Å². The lowest BCUT2D eigenvalue weighted by Crippen LogP contribution is -2.30. The van der Waals surface area contributed by atoms with E-state index in [-0.39, 0.29) is 12.4 Å². The van der Waals surface area contributed by atoms with E-state index in [1.54, 1.807) is 6.92 Å². The molecule has 0 bridgehead atoms. The molecule has 1 fully saturated rings. The second kappa shape index (κ2) is 4.86. The Hall–Kier alpha value is -0.460. The van der Waals surface area contributed by atoms with E-state index in [1.807, 2.05) is 0 Å². The summed E-state index contributed by atoms with van der Waals surface area (Å²) in [7, 11) is -3.99. The molecule has 5 nitrogen and oxygen atoms in total. The van der Waals surface area contributed by atoms with Crippen LogP contribution in [0.1, 0.15) is 32.6 Å². The zero-order valence-electron chi connectivity index (χ0n) is 8.06. The number of hydrogen-bond donors (Lipinski definition) is 0. The number of carbonyl (C=O) groups excluding carboxylic acids is 1. The Bertz CT molecular complexity index is 295. The van der Waals surface area contributed by atoms with E-state index >= 15 is 0 Å². The van der Waals surface area contributed by atoms with Crippen LogP contribution in [0.25, 0.3) is 0 Å². The average Bonchev–Trinajstić information content (AvgIpc) is 2.08. The summed E-state index contributed by atoms with van der Waals surface area (Å²) in [5.74, 6) is -0.153. The molecule has 0 spiro atoms. The molecule has 0 N–H and O–H groups in total. The van der Waals surface area contributed by atoms with Gasteiger partial charge in [-0.2, -0.15) is 8.42 Å². The summed E-state index contributed by atoms with van der Waals surface area (Å²) in [5, 5.41) is 0. The van der Waals surface area contributed by atoms with Gasteiger partial charge >= 0.3 is 10.4 Å². The lowest BCUT2D eigenvalue weighted by atomic mass is 9.97. The zero-order chi connectivity index (χ0) is 10.6. The second-order valence-electron chi connectivity index (χ2n) is 3.11. The van der Waals surface area contributed by atoms with Gasteiger partial charge in [-0.1, -0.05) is 0 Å². The highest BCUT2D eigenvalue weighted by atomic mass is 32.3. The van der Waals surface area contributed by atoms with Crippen LogP contribution in [0.3, 0.4) is 0 Å². The standard InChI is InChI=1S/C8H14O5S/c1-2-12-14(10,11)13-8-6-4-3-5-7(8)9/h8H,2-6H2,1H3. The minimum Gasteiger partial charge on any atom is -0.297 e. The van der Waals surface area contributed by atoms with Crippen molar-refractivity contribution < 1.29 is 21.6 Å². The Morgan fingerprint density at radius 1 is 1.43 bits per heavy atom. The summed E-state index contributed by atoms with van der Waals surface area (Å²) < 4.78 is 31.1. The second-order valence-corrected chi connectivity index (χ2v) is 4.36. The van der Waals surface area contributed by atoms with Crippen molar-refractivity contribution in [2.75, 3.05) is 6.61 Å². The summed E-state index contributed by atoms with van der Waals surface area (Å²) in [5.41, 5.74) is 0. The van der Waals surface area contributed by atoms with Crippen molar-refractivity contribution in [3.05, 3.63) is 0 Å². The Morgan fingerprint density at radius 2 is 2.14 bits per heavy atom. The predicted octanol–water partition coefficient (Wildman–Crippen LogP) is 0.796. The molecular weight excluding hydrogens is 208 g/mol. The lowest BCUT2D eigenvalue weighted by molar-refractivity contribution is -0.128. The molecule has 0 radical (unpaired) electrons. The van der Waals surface area contributed by atoms with Gasteiger partial charge in [0.15, 0.2) is 5.78 Å². The first-order valence-electron chi connectivity index (χ1n) is 4.65. The molecule has 1 unspecified atom stereocenters. The Labute approximate surface area is 83.7 Å². The molecule has 1 atom stereocenters. The minimum atomic E-state index is -3.99. The fourth-order valence-corrected chi connectivity index (χ4v) is 2.20. The fraction of sp³-hybridized carbons (Fsp3) is 0.875. The van der Waals surface area contributed by atoms with Crippen molar-refractivity contribution in [3.63, 3.8) is 0 Å². The number of rotatable bonds is 4. The Kier molecular flexibility index (Phi) is 4.03. The third-order valence-corrected chi connectivity index (χ3v) is 2.99. The van der Waals surface area contributed by atoms with Gasteiger partial charge in [-0.25, -0.2) is 8.37 Å². The van der Waals surface area contributed by atoms with Crippen LogP contribution in [0.2, 0.25) is 0 Å². The topological polar surface area (TPSA) is 69.7 Å². The summed E-state index contributed by atoms with van der Waals surface area (Å²) >= 11 is 0. The SMILES string of the molecule is CCOS(=O)(=O)OC1CCCCC1=O. The van der Waals surface area contributed by atoms with Crippen LogP contribution in [0.15, 0.2) is 0 Å². The van der Waals surface area contributed by atoms with E-state index in [9.17, 15) is 13.2 Å². The van der Waals surface area contributed by atoms with Gasteiger partial charge in [-0.3, -0.25) is 4.79 Å². The first-order chi connectivity index (χ1) is 6.55. The van der Waals surface area contributed by atoms with E-state index in [0.717, 1.165) is 12.8 Å². The van der Waals surface area contributed by atoms with Crippen molar-refractivity contribution in [1.29, 1.82) is 0 Å². The van der Waals surface area contributed by atoms with Crippen LogP contribution >= 0.6 is 0 Å². The maximum atomic E-state index is 11.2. The van der Waals surface area contributed by atoms with E-state index in [0.29, 0.717) is 12.8 Å². The third-order valence-electron chi connectivity index (χ3n) is 1.99. The monoisotopic (exact) mass is 222 g/mol. The molecule has 82 valence electrons. The molecule has 0 aromatic rings. The quantitative estimate of drug-likeness (QED) is 0.703. The molecule has 0 heterocycles. The molecule has 0 amide bonds. The van der Waals surface area contributed by atoms with Crippen LogP contribution in [0.5, 0.6) is 0 Å². The van der Waals surface area contributed by atoms with E-state index in [2.05, 4.69) is 8.37 Å². The van der Waals surface area contributed by atoms with Gasteiger partial charge in [0.2, 0.25) is 0 Å². The summed E-state index contributed by atoms with van der Waals surface area (Å²) in [6.07, 6.45) is 1.66. The minimum absolute atomic E-state index is 0.0171. The van der Waals surface area contributed by atoms with Gasteiger partial charge in [0.1, 0.15) is 6.10 Å². The van der Waals surface area contributed by atoms with Crippen molar-refractivity contribution in [1.82, 2.24) is 0 Å². The molecular formula is C8H14O5S. The van der Waals surface area contributed by atoms with Crippen molar-refractivity contribution >= 4 is 16.2 Å². The molecule has 1 saturated carbocycles. The van der Waals surface area contributed by atoms with Crippen molar-refractivity contribution in [2.24, 2.45) is 0 Å². The van der Waals surface area contributed by atoms with Crippen LogP contribution in [0, 0.1) is 0 Å². The normalized spacial score (nSPS) is 23.8. The number of ketones is 1. The zero-order valence-corrected chi connectivity index (χ0v) is 8.88. The highest BCUT2D eigenvalue weighted by molar-refractivity contribution is 7.81. The first kappa shape index (κ1) is 11.6. The van der Waals surface area contributed by atoms with Gasteiger partial charge in [-0.05, 0) is 26.2 Å². The van der Waals surface area contributed by atoms with Gasteiger partial charge in [0, 0.05) is 6.42 Å². The number of carbonyl (C=O) groups is 1. The molecule has 14 heavy (non-hydrogen) atoms. The summed E-state index contributed by atoms with van der Waals surface area (Å²) in [6, 6.07) is 0. The first-order valence-corrected chi connectivity index (χ1v) is 5.99. The van der Waals surface area contributed by atoms with Gasteiger partial charge in [0.25, 0.3) is 0 Å². The summed E-state index contributed by atoms with van der Waals surface area (Å²) in [6.45, 7) is 1.56. The molecule has 1 rings (SSSR count). The van der Waals surface area contributed by atoms with Gasteiger partial charge in [-0.15, -0.1) is 0 Å². The maximum absolute atomic E-state index is 11.2. The predicted molar refractivity (Wildman–Crippen MR) is 48.9 cm³/mol. The molecule has 0 aromatic carbocycles. The molecule has 1 aliphatic carbocycles. The van der Waals surface area contributed by atoms with E-state index < -0.39 is 16.5 Å². The highest BCUT2D eigenvalue weighted by Crippen LogP contribution is 2.19. The highest BCUT2D eigenvalue weighted by Gasteiger charge is 2.28. The largest absolute Gasteiger partial charge is 0.400 e. The lowest BCUT2D eigenvalue weighted by Gasteiger charge is -2.19. The maximum Gasteiger partial charge on any atom is 0.400 e. The molecule has 1 aliphatic rings. The molecule has 0 saturated heterocycles.